The van der Waals surface area contributed by atoms with E-state index in [0.717, 1.165) is 11.5 Å². The largest absolute Gasteiger partial charge is 0.398 e. The molecule has 7 heteroatoms. The molecule has 0 atom stereocenters. The van der Waals surface area contributed by atoms with Crippen LogP contribution >= 0.6 is 23.4 Å². The Morgan fingerprint density at radius 2 is 1.94 bits per heavy atom. The Balaban J connectivity index is 2.46. The van der Waals surface area contributed by atoms with Crippen molar-refractivity contribution >= 4 is 39.1 Å². The number of nitrogens with zero attached hydrogens (tertiary/aromatic N) is 1. The molecular formula is C11H15ClN2O2S2. The van der Waals surface area contributed by atoms with Crippen molar-refractivity contribution in [3.05, 3.63) is 22.7 Å². The van der Waals surface area contributed by atoms with Crippen LogP contribution in [-0.2, 0) is 10.0 Å². The summed E-state index contributed by atoms with van der Waals surface area (Å²) in [5.41, 5.74) is 6.75. The van der Waals surface area contributed by atoms with Crippen molar-refractivity contribution in [2.24, 2.45) is 0 Å². The van der Waals surface area contributed by atoms with E-state index in [4.69, 9.17) is 17.3 Å². The Bertz CT molecular complexity index is 554. The Hall–Kier alpha value is -0.430. The Kier molecular flexibility index (Phi) is 4.11. The lowest BCUT2D eigenvalue weighted by Crippen LogP contribution is -2.38. The van der Waals surface area contributed by atoms with Crippen LogP contribution in [0.25, 0.3) is 0 Å². The third-order valence-corrected chi connectivity index (χ3v) is 6.14. The molecule has 0 amide bonds. The van der Waals surface area contributed by atoms with Crippen molar-refractivity contribution in [2.45, 2.75) is 11.8 Å². The highest BCUT2D eigenvalue weighted by atomic mass is 35.5. The summed E-state index contributed by atoms with van der Waals surface area (Å²) in [4.78, 5) is 0.222. The molecule has 1 aliphatic rings. The quantitative estimate of drug-likeness (QED) is 0.849. The van der Waals surface area contributed by atoms with Crippen LogP contribution in [0.2, 0.25) is 5.02 Å². The van der Waals surface area contributed by atoms with Crippen LogP contribution in [0.5, 0.6) is 0 Å². The van der Waals surface area contributed by atoms with Gasteiger partial charge in [0, 0.05) is 35.3 Å². The van der Waals surface area contributed by atoms with Gasteiger partial charge in [-0.15, -0.1) is 0 Å². The fraction of sp³-hybridized carbons (Fsp3) is 0.455. The fourth-order valence-electron chi connectivity index (χ4n) is 1.87. The van der Waals surface area contributed by atoms with Gasteiger partial charge in [0.15, 0.2) is 0 Å². The Morgan fingerprint density at radius 1 is 1.33 bits per heavy atom. The van der Waals surface area contributed by atoms with Gasteiger partial charge >= 0.3 is 0 Å². The Labute approximate surface area is 117 Å². The van der Waals surface area contributed by atoms with E-state index in [9.17, 15) is 8.42 Å². The number of benzene rings is 1. The summed E-state index contributed by atoms with van der Waals surface area (Å²) in [6.45, 7) is 2.79. The molecule has 1 aliphatic heterocycles. The maximum atomic E-state index is 12.5. The van der Waals surface area contributed by atoms with Crippen molar-refractivity contribution < 1.29 is 8.42 Å². The van der Waals surface area contributed by atoms with Crippen molar-refractivity contribution in [2.75, 3.05) is 30.3 Å². The third kappa shape index (κ3) is 2.61. The zero-order valence-electron chi connectivity index (χ0n) is 10.0. The summed E-state index contributed by atoms with van der Waals surface area (Å²) >= 11 is 7.66. The second-order valence-electron chi connectivity index (χ2n) is 4.13. The molecule has 4 nitrogen and oxygen atoms in total. The molecule has 18 heavy (non-hydrogen) atoms. The van der Waals surface area contributed by atoms with Gasteiger partial charge in [0.2, 0.25) is 10.0 Å². The van der Waals surface area contributed by atoms with E-state index in [1.807, 2.05) is 0 Å². The number of thioether (sulfide) groups is 1. The number of sulfonamides is 1. The van der Waals surface area contributed by atoms with E-state index < -0.39 is 10.0 Å². The van der Waals surface area contributed by atoms with Crippen LogP contribution in [0.1, 0.15) is 5.56 Å². The number of rotatable bonds is 2. The van der Waals surface area contributed by atoms with Crippen LogP contribution in [0.4, 0.5) is 5.69 Å². The molecular weight excluding hydrogens is 292 g/mol. The minimum atomic E-state index is -3.48. The fourth-order valence-corrected chi connectivity index (χ4v) is 5.02. The standard InChI is InChI=1S/C11H15ClN2O2S2/c1-8-10(13)6-9(12)7-11(8)18(15,16)14-2-4-17-5-3-14/h6-7H,2-5,13H2,1H3. The number of hydrogen-bond donors (Lipinski definition) is 1. The molecule has 1 saturated heterocycles. The van der Waals surface area contributed by atoms with Crippen LogP contribution < -0.4 is 5.73 Å². The van der Waals surface area contributed by atoms with Gasteiger partial charge in [-0.1, -0.05) is 11.6 Å². The van der Waals surface area contributed by atoms with Crippen LogP contribution in [-0.4, -0.2) is 37.3 Å². The first-order chi connectivity index (χ1) is 8.43. The number of anilines is 1. The summed E-state index contributed by atoms with van der Waals surface area (Å²) in [6, 6.07) is 3.05. The smallest absolute Gasteiger partial charge is 0.243 e. The highest BCUT2D eigenvalue weighted by Crippen LogP contribution is 2.29. The van der Waals surface area contributed by atoms with Crippen molar-refractivity contribution in [3.8, 4) is 0 Å². The van der Waals surface area contributed by atoms with Crippen LogP contribution in [0, 0.1) is 6.92 Å². The molecule has 0 radical (unpaired) electrons. The molecule has 1 aromatic carbocycles. The van der Waals surface area contributed by atoms with Gasteiger partial charge in [-0.25, -0.2) is 8.42 Å². The molecule has 0 aromatic heterocycles. The van der Waals surface area contributed by atoms with E-state index in [1.54, 1.807) is 24.8 Å². The summed E-state index contributed by atoms with van der Waals surface area (Å²) in [6.07, 6.45) is 0. The van der Waals surface area contributed by atoms with Crippen molar-refractivity contribution in [1.29, 1.82) is 0 Å². The zero-order valence-corrected chi connectivity index (χ0v) is 12.4. The number of nitrogens with two attached hydrogens (primary N) is 1. The van der Waals surface area contributed by atoms with E-state index in [-0.39, 0.29) is 4.90 Å². The average Bonchev–Trinajstić information content (AvgIpc) is 2.34. The number of hydrogen-bond acceptors (Lipinski definition) is 4. The van der Waals surface area contributed by atoms with E-state index >= 15 is 0 Å². The molecule has 0 saturated carbocycles. The van der Waals surface area contributed by atoms with Crippen molar-refractivity contribution in [3.63, 3.8) is 0 Å². The lowest BCUT2D eigenvalue weighted by Gasteiger charge is -2.26. The third-order valence-electron chi connectivity index (χ3n) is 2.95. The van der Waals surface area contributed by atoms with Crippen LogP contribution in [0.15, 0.2) is 17.0 Å². The molecule has 100 valence electrons. The summed E-state index contributed by atoms with van der Waals surface area (Å²) in [5.74, 6) is 1.66. The molecule has 0 unspecified atom stereocenters. The summed E-state index contributed by atoms with van der Waals surface area (Å²) in [7, 11) is -3.48. The van der Waals surface area contributed by atoms with E-state index in [2.05, 4.69) is 0 Å². The Morgan fingerprint density at radius 3 is 2.56 bits per heavy atom. The lowest BCUT2D eigenvalue weighted by atomic mass is 10.2. The maximum Gasteiger partial charge on any atom is 0.243 e. The molecule has 0 spiro atoms. The first-order valence-electron chi connectivity index (χ1n) is 5.56. The van der Waals surface area contributed by atoms with Gasteiger partial charge in [-0.3, -0.25) is 0 Å². The van der Waals surface area contributed by atoms with Gasteiger partial charge < -0.3 is 5.73 Å². The second kappa shape index (κ2) is 5.28. The maximum absolute atomic E-state index is 12.5. The van der Waals surface area contributed by atoms with Crippen molar-refractivity contribution in [1.82, 2.24) is 4.31 Å². The highest BCUT2D eigenvalue weighted by molar-refractivity contribution is 7.99. The van der Waals surface area contributed by atoms with E-state index in [1.165, 1.54) is 10.4 Å². The molecule has 2 N–H and O–H groups in total. The molecule has 0 bridgehead atoms. The predicted molar refractivity (Wildman–Crippen MR) is 76.7 cm³/mol. The zero-order chi connectivity index (χ0) is 13.3. The topological polar surface area (TPSA) is 63.4 Å². The normalized spacial score (nSPS) is 17.9. The molecule has 1 heterocycles. The first-order valence-corrected chi connectivity index (χ1v) is 8.53. The van der Waals surface area contributed by atoms with Gasteiger partial charge in [0.1, 0.15) is 0 Å². The minimum Gasteiger partial charge on any atom is -0.398 e. The second-order valence-corrected chi connectivity index (χ2v) is 7.70. The van der Waals surface area contributed by atoms with Crippen LogP contribution in [0.3, 0.4) is 0 Å². The summed E-state index contributed by atoms with van der Waals surface area (Å²) < 4.78 is 26.5. The van der Waals surface area contributed by atoms with E-state index in [0.29, 0.717) is 29.4 Å². The number of nitrogen functional groups attached to an aromatic ring is 1. The molecule has 1 aromatic rings. The lowest BCUT2D eigenvalue weighted by molar-refractivity contribution is 0.443. The highest BCUT2D eigenvalue weighted by Gasteiger charge is 2.28. The van der Waals surface area contributed by atoms with Gasteiger partial charge in [-0.05, 0) is 24.6 Å². The number of halogens is 1. The SMILES string of the molecule is Cc1c(N)cc(Cl)cc1S(=O)(=O)N1CCSCC1. The van der Waals surface area contributed by atoms with Gasteiger partial charge in [-0.2, -0.15) is 16.1 Å². The summed E-state index contributed by atoms with van der Waals surface area (Å²) in [5, 5.41) is 0.350. The predicted octanol–water partition coefficient (Wildman–Crippen LogP) is 1.97. The van der Waals surface area contributed by atoms with Gasteiger partial charge in [0.25, 0.3) is 0 Å². The monoisotopic (exact) mass is 306 g/mol. The molecule has 2 rings (SSSR count). The van der Waals surface area contributed by atoms with Gasteiger partial charge in [0.05, 0.1) is 4.90 Å². The minimum absolute atomic E-state index is 0.222. The average molecular weight is 307 g/mol. The molecule has 0 aliphatic carbocycles. The first kappa shape index (κ1) is 14.0. The molecule has 1 fully saturated rings.